The Morgan fingerprint density at radius 3 is 2.74 bits per heavy atom. The lowest BCUT2D eigenvalue weighted by atomic mass is 9.68. The summed E-state index contributed by atoms with van der Waals surface area (Å²) in [5.74, 6) is 2.92. The summed E-state index contributed by atoms with van der Waals surface area (Å²) in [5.41, 5.74) is 9.00. The fourth-order valence-corrected chi connectivity index (χ4v) is 4.79. The first-order chi connectivity index (χ1) is 14.7. The minimum atomic E-state index is -0.527. The van der Waals surface area contributed by atoms with E-state index in [1.54, 1.807) is 13.2 Å². The van der Waals surface area contributed by atoms with Crippen LogP contribution in [0.1, 0.15) is 38.2 Å². The van der Waals surface area contributed by atoms with Gasteiger partial charge in [-0.05, 0) is 45.5 Å². The number of Topliss-reactive ketones (excluding diaryl/α,β-unsaturated/α-hetero) is 1. The molecule has 1 heterocycles. The van der Waals surface area contributed by atoms with Crippen LogP contribution in [-0.2, 0) is 9.53 Å². The first-order valence-electron chi connectivity index (χ1n) is 10.0. The molecule has 0 spiro atoms. The lowest BCUT2D eigenvalue weighted by Crippen LogP contribution is -2.43. The second kappa shape index (κ2) is 9.18. The molecule has 1 aliphatic carbocycles. The first kappa shape index (κ1) is 22.9. The summed E-state index contributed by atoms with van der Waals surface area (Å²) >= 11 is 3.52. The second-order valence-corrected chi connectivity index (χ2v) is 9.33. The maximum absolute atomic E-state index is 13.4. The molecule has 0 amide bonds. The van der Waals surface area contributed by atoms with Gasteiger partial charge in [0.25, 0.3) is 0 Å². The number of nitrogens with zero attached hydrogens (tertiary/aromatic N) is 2. The fraction of sp³-hybridized carbons (Fsp3) is 0.417. The van der Waals surface area contributed by atoms with Gasteiger partial charge < -0.3 is 20.1 Å². The molecule has 0 bridgehead atoms. The minimum absolute atomic E-state index is 0.0442. The number of hydrogen-bond donors (Lipinski definition) is 1. The van der Waals surface area contributed by atoms with E-state index in [4.69, 9.17) is 21.6 Å². The number of benzene rings is 1. The van der Waals surface area contributed by atoms with Crippen molar-refractivity contribution in [3.8, 4) is 24.2 Å². The van der Waals surface area contributed by atoms with E-state index < -0.39 is 5.92 Å². The van der Waals surface area contributed by atoms with E-state index in [0.717, 1.165) is 11.3 Å². The molecule has 0 aromatic heterocycles. The number of methoxy groups -OCH3 is 1. The van der Waals surface area contributed by atoms with Crippen molar-refractivity contribution < 1.29 is 14.3 Å². The Kier molecular flexibility index (Phi) is 6.79. The van der Waals surface area contributed by atoms with Crippen molar-refractivity contribution in [3.05, 3.63) is 50.9 Å². The van der Waals surface area contributed by atoms with E-state index in [1.807, 2.05) is 17.0 Å². The van der Waals surface area contributed by atoms with Crippen LogP contribution in [0.2, 0.25) is 0 Å². The van der Waals surface area contributed by atoms with Crippen LogP contribution in [0.25, 0.3) is 0 Å². The zero-order chi connectivity index (χ0) is 22.8. The molecule has 31 heavy (non-hydrogen) atoms. The lowest BCUT2D eigenvalue weighted by Gasteiger charge is -2.43. The van der Waals surface area contributed by atoms with Crippen molar-refractivity contribution in [1.82, 2.24) is 4.90 Å². The van der Waals surface area contributed by atoms with Crippen molar-refractivity contribution in [3.63, 3.8) is 0 Å². The van der Waals surface area contributed by atoms with Crippen LogP contribution in [0, 0.1) is 29.1 Å². The van der Waals surface area contributed by atoms with E-state index in [0.29, 0.717) is 53.2 Å². The number of carbonyl (C=O) groups excluding carboxylic acids is 1. The molecule has 162 valence electrons. The summed E-state index contributed by atoms with van der Waals surface area (Å²) in [6.07, 6.45) is 6.39. The van der Waals surface area contributed by atoms with Gasteiger partial charge in [0, 0.05) is 31.3 Å². The molecular formula is C24H26BrN3O3. The lowest BCUT2D eigenvalue weighted by molar-refractivity contribution is -0.118. The number of ether oxygens (including phenoxy) is 2. The minimum Gasteiger partial charge on any atom is -0.480 e. The molecule has 0 fully saturated rings. The summed E-state index contributed by atoms with van der Waals surface area (Å²) in [6.45, 7) is 5.21. The third-order valence-electron chi connectivity index (χ3n) is 5.61. The number of rotatable bonds is 6. The average molecular weight is 484 g/mol. The summed E-state index contributed by atoms with van der Waals surface area (Å²) in [4.78, 5) is 15.2. The van der Waals surface area contributed by atoms with E-state index >= 15 is 0 Å². The highest BCUT2D eigenvalue weighted by atomic mass is 79.9. The Morgan fingerprint density at radius 2 is 2.13 bits per heavy atom. The third-order valence-corrected chi connectivity index (χ3v) is 6.23. The Balaban J connectivity index is 2.16. The average Bonchev–Trinajstić information content (AvgIpc) is 2.70. The third kappa shape index (κ3) is 4.49. The predicted octanol–water partition coefficient (Wildman–Crippen LogP) is 3.84. The first-order valence-corrected chi connectivity index (χ1v) is 10.8. The van der Waals surface area contributed by atoms with Crippen molar-refractivity contribution in [2.24, 2.45) is 11.1 Å². The van der Waals surface area contributed by atoms with Crippen molar-refractivity contribution in [2.45, 2.75) is 32.6 Å². The van der Waals surface area contributed by atoms with Crippen molar-refractivity contribution in [1.29, 1.82) is 5.26 Å². The normalized spacial score (nSPS) is 20.3. The number of nitrogens with two attached hydrogens (primary N) is 1. The van der Waals surface area contributed by atoms with Crippen molar-refractivity contribution >= 4 is 21.7 Å². The summed E-state index contributed by atoms with van der Waals surface area (Å²) in [7, 11) is 1.62. The number of halogens is 1. The molecule has 1 aromatic rings. The van der Waals surface area contributed by atoms with E-state index in [9.17, 15) is 10.1 Å². The van der Waals surface area contributed by atoms with E-state index in [2.05, 4.69) is 41.8 Å². The highest BCUT2D eigenvalue weighted by Crippen LogP contribution is 2.49. The van der Waals surface area contributed by atoms with Crippen LogP contribution in [0.4, 0.5) is 0 Å². The number of hydrogen-bond acceptors (Lipinski definition) is 6. The quantitative estimate of drug-likeness (QED) is 0.618. The summed E-state index contributed by atoms with van der Waals surface area (Å²) < 4.78 is 11.5. The maximum Gasteiger partial charge on any atom is 0.162 e. The largest absolute Gasteiger partial charge is 0.480 e. The Morgan fingerprint density at radius 1 is 1.39 bits per heavy atom. The molecule has 6 nitrogen and oxygen atoms in total. The smallest absolute Gasteiger partial charge is 0.162 e. The zero-order valence-corrected chi connectivity index (χ0v) is 19.6. The highest BCUT2D eigenvalue weighted by Gasteiger charge is 2.44. The van der Waals surface area contributed by atoms with Crippen LogP contribution in [0.15, 0.2) is 45.3 Å². The molecule has 0 radical (unpaired) electrons. The highest BCUT2D eigenvalue weighted by molar-refractivity contribution is 9.10. The monoisotopic (exact) mass is 483 g/mol. The number of carbonyl (C=O) groups is 1. The maximum atomic E-state index is 13.4. The number of nitriles is 1. The molecule has 3 rings (SSSR count). The van der Waals surface area contributed by atoms with Gasteiger partial charge in [-0.3, -0.25) is 4.79 Å². The Hall–Kier alpha value is -2.74. The molecule has 2 aliphatic rings. The van der Waals surface area contributed by atoms with Crippen LogP contribution >= 0.6 is 15.9 Å². The van der Waals surface area contributed by atoms with Gasteiger partial charge in [-0.25, -0.2) is 0 Å². The van der Waals surface area contributed by atoms with Gasteiger partial charge in [0.05, 0.1) is 28.6 Å². The van der Waals surface area contributed by atoms with Crippen LogP contribution in [0.3, 0.4) is 0 Å². The molecule has 1 atom stereocenters. The SMILES string of the molecule is C#CCOc1ccc([C@H]2C(C#N)=C(N)N(CCOC)C3=C2C(=O)CC(C)(C)C3)cc1Br. The van der Waals surface area contributed by atoms with Crippen LogP contribution in [-0.4, -0.2) is 37.6 Å². The molecule has 0 saturated heterocycles. The van der Waals surface area contributed by atoms with E-state index in [-0.39, 0.29) is 17.8 Å². The summed E-state index contributed by atoms with van der Waals surface area (Å²) in [6, 6.07) is 7.77. The topological polar surface area (TPSA) is 88.6 Å². The molecular weight excluding hydrogens is 458 g/mol. The number of ketones is 1. The van der Waals surface area contributed by atoms with Gasteiger partial charge in [0.1, 0.15) is 18.2 Å². The molecule has 1 aromatic carbocycles. The zero-order valence-electron chi connectivity index (χ0n) is 18.0. The fourth-order valence-electron chi connectivity index (χ4n) is 4.28. The molecule has 0 saturated carbocycles. The van der Waals surface area contributed by atoms with Crippen LogP contribution < -0.4 is 10.5 Å². The predicted molar refractivity (Wildman–Crippen MR) is 122 cm³/mol. The van der Waals surface area contributed by atoms with Gasteiger partial charge in [0.15, 0.2) is 5.78 Å². The molecule has 1 aliphatic heterocycles. The van der Waals surface area contributed by atoms with Gasteiger partial charge >= 0.3 is 0 Å². The Bertz CT molecular complexity index is 1040. The Labute approximate surface area is 191 Å². The van der Waals surface area contributed by atoms with E-state index in [1.165, 1.54) is 0 Å². The number of allylic oxidation sites excluding steroid dienone is 3. The second-order valence-electron chi connectivity index (χ2n) is 8.47. The van der Waals surface area contributed by atoms with Crippen molar-refractivity contribution in [2.75, 3.05) is 26.9 Å². The standard InChI is InChI=1S/C24H26BrN3O3/c1-5-9-31-20-7-6-15(11-17(20)25)21-16(14-26)23(27)28(8-10-30-4)18-12-24(2,3)13-19(29)22(18)21/h1,6-7,11,21H,8-10,12-13,27H2,2-4H3/t21-/m0/s1. The molecule has 7 heteroatoms. The van der Waals surface area contributed by atoms with Gasteiger partial charge in [-0.2, -0.15) is 5.26 Å². The summed E-state index contributed by atoms with van der Waals surface area (Å²) in [5, 5.41) is 10.0. The van der Waals surface area contributed by atoms with Gasteiger partial charge in [-0.1, -0.05) is 25.8 Å². The van der Waals surface area contributed by atoms with Crippen LogP contribution in [0.5, 0.6) is 5.75 Å². The van der Waals surface area contributed by atoms with Gasteiger partial charge in [0.2, 0.25) is 0 Å². The molecule has 0 unspecified atom stereocenters. The number of terminal acetylenes is 1. The van der Waals surface area contributed by atoms with Gasteiger partial charge in [-0.15, -0.1) is 6.42 Å². The molecule has 2 N–H and O–H groups in total.